The van der Waals surface area contributed by atoms with Crippen LogP contribution < -0.4 is 0 Å². The minimum absolute atomic E-state index is 0.0721. The van der Waals surface area contributed by atoms with Gasteiger partial charge in [-0.2, -0.15) is 0 Å². The Bertz CT molecular complexity index is 632. The topological polar surface area (TPSA) is 45.5 Å². The molecular weight excluding hydrogens is 288 g/mol. The van der Waals surface area contributed by atoms with Gasteiger partial charge in [0.1, 0.15) is 0 Å². The molecular formula is C19H24N2O2. The Hall–Kier alpha value is -2.07. The fourth-order valence-corrected chi connectivity index (χ4v) is 3.21. The van der Waals surface area contributed by atoms with Gasteiger partial charge in [-0.15, -0.1) is 0 Å². The zero-order valence-electron chi connectivity index (χ0n) is 13.6. The van der Waals surface area contributed by atoms with E-state index in [1.807, 2.05) is 60.6 Å². The van der Waals surface area contributed by atoms with Crippen LogP contribution in [0.5, 0.6) is 0 Å². The maximum atomic E-state index is 12.6. The van der Waals surface area contributed by atoms with Gasteiger partial charge in [-0.1, -0.05) is 12.1 Å². The van der Waals surface area contributed by atoms with E-state index in [2.05, 4.69) is 4.57 Å². The summed E-state index contributed by atoms with van der Waals surface area (Å²) >= 11 is 0. The van der Waals surface area contributed by atoms with Crippen LogP contribution in [-0.2, 0) is 6.54 Å². The highest BCUT2D eigenvalue weighted by Crippen LogP contribution is 2.21. The molecule has 0 spiro atoms. The monoisotopic (exact) mass is 312 g/mol. The molecule has 1 N–H and O–H groups in total. The van der Waals surface area contributed by atoms with Crippen molar-refractivity contribution in [3.05, 3.63) is 59.9 Å². The lowest BCUT2D eigenvalue weighted by atomic mass is 9.93. The minimum atomic E-state index is -0.352. The predicted octanol–water partition coefficient (Wildman–Crippen LogP) is 2.77. The number of hydrogen-bond donors (Lipinski definition) is 1. The molecule has 0 aliphatic carbocycles. The van der Waals surface area contributed by atoms with Crippen LogP contribution in [0.1, 0.15) is 35.7 Å². The molecule has 1 amide bonds. The van der Waals surface area contributed by atoms with Gasteiger partial charge in [-0.3, -0.25) is 4.79 Å². The number of rotatable bonds is 4. The number of aromatic nitrogens is 1. The maximum absolute atomic E-state index is 12.6. The third-order valence-electron chi connectivity index (χ3n) is 4.66. The van der Waals surface area contributed by atoms with Crippen LogP contribution in [0.15, 0.2) is 48.8 Å². The van der Waals surface area contributed by atoms with Crippen LogP contribution in [-0.4, -0.2) is 39.7 Å². The van der Waals surface area contributed by atoms with Gasteiger partial charge in [-0.05, 0) is 49.6 Å². The second kappa shape index (κ2) is 7.01. The summed E-state index contributed by atoms with van der Waals surface area (Å²) in [6.45, 7) is 4.07. The molecule has 122 valence electrons. The highest BCUT2D eigenvalue weighted by Gasteiger charge is 2.26. The molecule has 1 aromatic heterocycles. The summed E-state index contributed by atoms with van der Waals surface area (Å²) < 4.78 is 2.11. The Morgan fingerprint density at radius 3 is 2.61 bits per heavy atom. The molecule has 0 radical (unpaired) electrons. The lowest BCUT2D eigenvalue weighted by molar-refractivity contribution is 0.0466. The molecule has 4 heteroatoms. The first-order chi connectivity index (χ1) is 11.1. The molecule has 1 fully saturated rings. The van der Waals surface area contributed by atoms with E-state index >= 15 is 0 Å². The highest BCUT2D eigenvalue weighted by atomic mass is 16.3. The van der Waals surface area contributed by atoms with Crippen molar-refractivity contribution >= 4 is 5.91 Å². The van der Waals surface area contributed by atoms with E-state index in [0.29, 0.717) is 6.54 Å². The molecule has 0 bridgehead atoms. The van der Waals surface area contributed by atoms with Crippen molar-refractivity contribution in [3.8, 4) is 0 Å². The highest BCUT2D eigenvalue weighted by molar-refractivity contribution is 5.94. The van der Waals surface area contributed by atoms with E-state index in [9.17, 15) is 9.90 Å². The number of aliphatic hydroxyl groups excluding tert-OH is 1. The molecule has 2 unspecified atom stereocenters. The number of likely N-dealkylation sites (tertiary alicyclic amines) is 1. The molecule has 1 aliphatic heterocycles. The van der Waals surface area contributed by atoms with Crippen LogP contribution in [0.3, 0.4) is 0 Å². The van der Waals surface area contributed by atoms with Crippen LogP contribution in [0.4, 0.5) is 0 Å². The molecule has 0 saturated carbocycles. The molecule has 1 aliphatic rings. The first kappa shape index (κ1) is 15.8. The maximum Gasteiger partial charge on any atom is 0.253 e. The Morgan fingerprint density at radius 2 is 1.96 bits per heavy atom. The van der Waals surface area contributed by atoms with E-state index in [1.54, 1.807) is 0 Å². The largest absolute Gasteiger partial charge is 0.393 e. The number of amides is 1. The summed E-state index contributed by atoms with van der Waals surface area (Å²) in [6.07, 6.45) is 5.67. The Labute approximate surface area is 137 Å². The summed E-state index contributed by atoms with van der Waals surface area (Å²) in [5, 5.41) is 9.77. The third-order valence-corrected chi connectivity index (χ3v) is 4.66. The number of benzene rings is 1. The summed E-state index contributed by atoms with van der Waals surface area (Å²) in [5.41, 5.74) is 1.91. The van der Waals surface area contributed by atoms with Gasteiger partial charge in [0, 0.05) is 43.5 Å². The molecule has 2 atom stereocenters. The van der Waals surface area contributed by atoms with Crippen LogP contribution in [0.25, 0.3) is 0 Å². The number of carbonyl (C=O) groups excluding carboxylic acids is 1. The molecule has 1 aromatic carbocycles. The molecule has 2 aromatic rings. The van der Waals surface area contributed by atoms with Gasteiger partial charge in [0.05, 0.1) is 6.10 Å². The van der Waals surface area contributed by atoms with Crippen molar-refractivity contribution in [2.24, 2.45) is 5.92 Å². The minimum Gasteiger partial charge on any atom is -0.393 e. The summed E-state index contributed by atoms with van der Waals surface area (Å²) in [5.74, 6) is 0.267. The standard InChI is InChI=1S/C19H24N2O2/c1-15(22)18-5-4-12-21(14-18)19(23)17-8-6-16(7-9-17)13-20-10-2-3-11-20/h2-3,6-11,15,18,22H,4-5,12-14H2,1H3. The van der Waals surface area contributed by atoms with Gasteiger partial charge in [0.15, 0.2) is 0 Å². The first-order valence-electron chi connectivity index (χ1n) is 8.30. The van der Waals surface area contributed by atoms with Crippen molar-refractivity contribution in [2.45, 2.75) is 32.4 Å². The van der Waals surface area contributed by atoms with Gasteiger partial charge in [0.2, 0.25) is 0 Å². The van der Waals surface area contributed by atoms with E-state index < -0.39 is 0 Å². The normalized spacial score (nSPS) is 19.6. The summed E-state index contributed by atoms with van der Waals surface area (Å²) in [7, 11) is 0. The zero-order chi connectivity index (χ0) is 16.2. The number of piperidine rings is 1. The summed E-state index contributed by atoms with van der Waals surface area (Å²) in [6, 6.07) is 11.9. The van der Waals surface area contributed by atoms with Gasteiger partial charge in [-0.25, -0.2) is 0 Å². The Kier molecular flexibility index (Phi) is 4.82. The van der Waals surface area contributed by atoms with Gasteiger partial charge in [0.25, 0.3) is 5.91 Å². The van der Waals surface area contributed by atoms with E-state index in [1.165, 1.54) is 5.56 Å². The van der Waals surface area contributed by atoms with Crippen molar-refractivity contribution in [1.82, 2.24) is 9.47 Å². The predicted molar refractivity (Wildman–Crippen MR) is 90.3 cm³/mol. The van der Waals surface area contributed by atoms with Crippen LogP contribution >= 0.6 is 0 Å². The average Bonchev–Trinajstić information content (AvgIpc) is 3.08. The lowest BCUT2D eigenvalue weighted by Crippen LogP contribution is -2.42. The lowest BCUT2D eigenvalue weighted by Gasteiger charge is -2.34. The van der Waals surface area contributed by atoms with Gasteiger partial charge >= 0.3 is 0 Å². The van der Waals surface area contributed by atoms with Crippen molar-refractivity contribution in [3.63, 3.8) is 0 Å². The smallest absolute Gasteiger partial charge is 0.253 e. The molecule has 4 nitrogen and oxygen atoms in total. The van der Waals surface area contributed by atoms with Crippen molar-refractivity contribution in [2.75, 3.05) is 13.1 Å². The van der Waals surface area contributed by atoms with Crippen molar-refractivity contribution < 1.29 is 9.90 Å². The Morgan fingerprint density at radius 1 is 1.26 bits per heavy atom. The summed E-state index contributed by atoms with van der Waals surface area (Å²) in [4.78, 5) is 14.5. The van der Waals surface area contributed by atoms with E-state index in [4.69, 9.17) is 0 Å². The quantitative estimate of drug-likeness (QED) is 0.943. The van der Waals surface area contributed by atoms with Crippen LogP contribution in [0, 0.1) is 5.92 Å². The number of nitrogens with zero attached hydrogens (tertiary/aromatic N) is 2. The second-order valence-corrected chi connectivity index (χ2v) is 6.45. The number of hydrogen-bond acceptors (Lipinski definition) is 2. The fourth-order valence-electron chi connectivity index (χ4n) is 3.21. The third kappa shape index (κ3) is 3.82. The average molecular weight is 312 g/mol. The number of carbonyl (C=O) groups is 1. The molecule has 3 rings (SSSR count). The first-order valence-corrected chi connectivity index (χ1v) is 8.30. The second-order valence-electron chi connectivity index (χ2n) is 6.45. The van der Waals surface area contributed by atoms with Crippen molar-refractivity contribution in [1.29, 1.82) is 0 Å². The zero-order valence-corrected chi connectivity index (χ0v) is 13.6. The van der Waals surface area contributed by atoms with E-state index in [0.717, 1.165) is 31.5 Å². The SMILES string of the molecule is CC(O)C1CCCN(C(=O)c2ccc(Cn3cccc3)cc2)C1. The van der Waals surface area contributed by atoms with Crippen LogP contribution in [0.2, 0.25) is 0 Å². The Balaban J connectivity index is 1.65. The van der Waals surface area contributed by atoms with Gasteiger partial charge < -0.3 is 14.6 Å². The van der Waals surface area contributed by atoms with E-state index in [-0.39, 0.29) is 17.9 Å². The number of aliphatic hydroxyl groups is 1. The molecule has 1 saturated heterocycles. The molecule has 2 heterocycles. The molecule has 23 heavy (non-hydrogen) atoms. The fraction of sp³-hybridized carbons (Fsp3) is 0.421.